The number of aliphatic hydroxyl groups excluding tert-OH is 1. The lowest BCUT2D eigenvalue weighted by molar-refractivity contribution is -0.142. The maximum absolute atomic E-state index is 13.4. The van der Waals surface area contributed by atoms with Gasteiger partial charge >= 0.3 is 0 Å². The van der Waals surface area contributed by atoms with Gasteiger partial charge in [-0.1, -0.05) is 23.7 Å². The lowest BCUT2D eigenvalue weighted by Crippen LogP contribution is -2.54. The highest BCUT2D eigenvalue weighted by Gasteiger charge is 2.59. The molecule has 24 heavy (non-hydrogen) atoms. The van der Waals surface area contributed by atoms with Crippen LogP contribution in [0, 0.1) is 0 Å². The first kappa shape index (κ1) is 16.4. The van der Waals surface area contributed by atoms with Gasteiger partial charge < -0.3 is 14.7 Å². The minimum atomic E-state index is -0.392. The summed E-state index contributed by atoms with van der Waals surface area (Å²) in [6, 6.07) is 7.66. The molecular weight excluding hydrogens is 326 g/mol. The standard InChI is InChI=1S/C19H24ClNO3/c1-24-19-7-6-15(22)12-16(19)21(11-10-19)17(23)18(8-9-18)13-2-4-14(20)5-3-13/h2-5,15-16,22H,6-12H2,1H3/t15-,16-,19+/m0/s1. The van der Waals surface area contributed by atoms with E-state index in [2.05, 4.69) is 0 Å². The van der Waals surface area contributed by atoms with Crippen molar-refractivity contribution in [3.05, 3.63) is 34.9 Å². The van der Waals surface area contributed by atoms with Crippen LogP contribution >= 0.6 is 11.6 Å². The highest BCUT2D eigenvalue weighted by atomic mass is 35.5. The first-order valence-electron chi connectivity index (χ1n) is 8.81. The van der Waals surface area contributed by atoms with Gasteiger partial charge in [0.1, 0.15) is 0 Å². The zero-order chi connectivity index (χ0) is 16.9. The molecule has 1 aromatic rings. The second kappa shape index (κ2) is 5.72. The molecule has 1 amide bonds. The van der Waals surface area contributed by atoms with Crippen molar-refractivity contribution in [2.45, 2.75) is 61.7 Å². The second-order valence-electron chi connectivity index (χ2n) is 7.55. The minimum Gasteiger partial charge on any atom is -0.393 e. The van der Waals surface area contributed by atoms with Gasteiger partial charge in [-0.2, -0.15) is 0 Å². The number of amides is 1. The van der Waals surface area contributed by atoms with Crippen molar-refractivity contribution < 1.29 is 14.6 Å². The highest BCUT2D eigenvalue weighted by molar-refractivity contribution is 6.30. The first-order valence-corrected chi connectivity index (χ1v) is 9.19. The quantitative estimate of drug-likeness (QED) is 0.912. The van der Waals surface area contributed by atoms with Crippen LogP contribution < -0.4 is 0 Å². The van der Waals surface area contributed by atoms with Crippen molar-refractivity contribution in [2.75, 3.05) is 13.7 Å². The van der Waals surface area contributed by atoms with Crippen molar-refractivity contribution in [3.8, 4) is 0 Å². The Hall–Kier alpha value is -1.10. The number of benzene rings is 1. The monoisotopic (exact) mass is 349 g/mol. The van der Waals surface area contributed by atoms with Gasteiger partial charge in [-0.3, -0.25) is 4.79 Å². The van der Waals surface area contributed by atoms with Crippen LogP contribution in [0.3, 0.4) is 0 Å². The van der Waals surface area contributed by atoms with Crippen molar-refractivity contribution in [1.82, 2.24) is 4.90 Å². The van der Waals surface area contributed by atoms with Gasteiger partial charge in [0.15, 0.2) is 0 Å². The number of ether oxygens (including phenoxy) is 1. The van der Waals surface area contributed by atoms with E-state index < -0.39 is 5.41 Å². The molecule has 3 aliphatic rings. The molecule has 0 radical (unpaired) electrons. The fraction of sp³-hybridized carbons (Fsp3) is 0.632. The molecule has 1 saturated heterocycles. The molecule has 4 rings (SSSR count). The fourth-order valence-corrected chi connectivity index (χ4v) is 4.84. The van der Waals surface area contributed by atoms with E-state index in [1.165, 1.54) is 0 Å². The SMILES string of the molecule is CO[C@@]12CC[C@H](O)C[C@@H]1N(C(=O)C1(c3ccc(Cl)cc3)CC1)CC2. The summed E-state index contributed by atoms with van der Waals surface area (Å²) < 4.78 is 5.86. The van der Waals surface area contributed by atoms with Crippen LogP contribution in [0.4, 0.5) is 0 Å². The largest absolute Gasteiger partial charge is 0.393 e. The lowest BCUT2D eigenvalue weighted by atomic mass is 9.79. The van der Waals surface area contributed by atoms with E-state index in [-0.39, 0.29) is 23.7 Å². The summed E-state index contributed by atoms with van der Waals surface area (Å²) in [5.74, 6) is 0.197. The Labute approximate surface area is 147 Å². The maximum Gasteiger partial charge on any atom is 0.233 e. The van der Waals surface area contributed by atoms with E-state index in [1.807, 2.05) is 29.2 Å². The summed E-state index contributed by atoms with van der Waals surface area (Å²) in [7, 11) is 1.74. The Morgan fingerprint density at radius 2 is 1.96 bits per heavy atom. The molecule has 4 nitrogen and oxygen atoms in total. The van der Waals surface area contributed by atoms with Gasteiger partial charge in [0.05, 0.1) is 23.2 Å². The van der Waals surface area contributed by atoms with E-state index in [0.29, 0.717) is 11.4 Å². The Morgan fingerprint density at radius 3 is 2.58 bits per heavy atom. The predicted octanol–water partition coefficient (Wildman–Crippen LogP) is 2.90. The lowest BCUT2D eigenvalue weighted by Gasteiger charge is -2.43. The molecular formula is C19H24ClNO3. The van der Waals surface area contributed by atoms with Crippen LogP contribution in [0.1, 0.15) is 44.1 Å². The van der Waals surface area contributed by atoms with E-state index in [4.69, 9.17) is 16.3 Å². The second-order valence-corrected chi connectivity index (χ2v) is 7.99. The number of nitrogens with zero attached hydrogens (tertiary/aromatic N) is 1. The van der Waals surface area contributed by atoms with E-state index in [1.54, 1.807) is 7.11 Å². The summed E-state index contributed by atoms with van der Waals surface area (Å²) in [6.45, 7) is 0.722. The molecule has 1 N–H and O–H groups in total. The number of hydrogen-bond acceptors (Lipinski definition) is 3. The van der Waals surface area contributed by atoms with E-state index in [9.17, 15) is 9.90 Å². The Kier molecular flexibility index (Phi) is 3.90. The number of carbonyl (C=O) groups excluding carboxylic acids is 1. The molecule has 0 bridgehead atoms. The number of likely N-dealkylation sites (tertiary alicyclic amines) is 1. The number of carbonyl (C=O) groups is 1. The summed E-state index contributed by atoms with van der Waals surface area (Å²) in [5.41, 5.74) is 0.394. The Bertz CT molecular complexity index is 643. The number of aliphatic hydroxyl groups is 1. The molecule has 130 valence electrons. The molecule has 0 aromatic heterocycles. The van der Waals surface area contributed by atoms with Crippen LogP contribution in [-0.4, -0.2) is 47.3 Å². The smallest absolute Gasteiger partial charge is 0.233 e. The van der Waals surface area contributed by atoms with Crippen LogP contribution in [-0.2, 0) is 14.9 Å². The van der Waals surface area contributed by atoms with Crippen molar-refractivity contribution in [1.29, 1.82) is 0 Å². The van der Waals surface area contributed by atoms with Gasteiger partial charge in [0.2, 0.25) is 5.91 Å². The Balaban J connectivity index is 1.61. The summed E-state index contributed by atoms with van der Waals surface area (Å²) in [6.07, 6.45) is 4.51. The number of hydrogen-bond donors (Lipinski definition) is 1. The van der Waals surface area contributed by atoms with E-state index >= 15 is 0 Å². The third kappa shape index (κ3) is 2.39. The molecule has 1 aromatic carbocycles. The molecule has 1 heterocycles. The van der Waals surface area contributed by atoms with Crippen molar-refractivity contribution in [2.24, 2.45) is 0 Å². The minimum absolute atomic E-state index is 0.0106. The van der Waals surface area contributed by atoms with Gasteiger partial charge in [0, 0.05) is 18.7 Å². The number of rotatable bonds is 3. The zero-order valence-electron chi connectivity index (χ0n) is 14.0. The van der Waals surface area contributed by atoms with Crippen molar-refractivity contribution in [3.63, 3.8) is 0 Å². The van der Waals surface area contributed by atoms with Crippen LogP contribution in [0.15, 0.2) is 24.3 Å². The molecule has 2 aliphatic carbocycles. The number of fused-ring (bicyclic) bond motifs is 1. The van der Waals surface area contributed by atoms with Gasteiger partial charge in [-0.05, 0) is 56.2 Å². The van der Waals surface area contributed by atoms with Crippen molar-refractivity contribution >= 4 is 17.5 Å². The average molecular weight is 350 g/mol. The summed E-state index contributed by atoms with van der Waals surface area (Å²) in [5, 5.41) is 10.8. The average Bonchev–Trinajstić information content (AvgIpc) is 3.31. The normalized spacial score (nSPS) is 34.0. The van der Waals surface area contributed by atoms with Gasteiger partial charge in [-0.25, -0.2) is 0 Å². The molecule has 0 spiro atoms. The summed E-state index contributed by atoms with van der Waals surface area (Å²) in [4.78, 5) is 15.4. The fourth-order valence-electron chi connectivity index (χ4n) is 4.71. The third-order valence-corrected chi connectivity index (χ3v) is 6.63. The molecule has 5 heteroatoms. The molecule has 1 aliphatic heterocycles. The van der Waals surface area contributed by atoms with Gasteiger partial charge in [0.25, 0.3) is 0 Å². The molecule has 3 atom stereocenters. The van der Waals surface area contributed by atoms with Crippen LogP contribution in [0.25, 0.3) is 0 Å². The number of methoxy groups -OCH3 is 1. The van der Waals surface area contributed by atoms with Crippen LogP contribution in [0.2, 0.25) is 5.02 Å². The summed E-state index contributed by atoms with van der Waals surface area (Å²) >= 11 is 5.99. The highest BCUT2D eigenvalue weighted by Crippen LogP contribution is 2.52. The maximum atomic E-state index is 13.4. The predicted molar refractivity (Wildman–Crippen MR) is 92.1 cm³/mol. The molecule has 0 unspecified atom stereocenters. The van der Waals surface area contributed by atoms with Crippen LogP contribution in [0.5, 0.6) is 0 Å². The number of halogens is 1. The zero-order valence-corrected chi connectivity index (χ0v) is 14.8. The third-order valence-electron chi connectivity index (χ3n) is 6.38. The Morgan fingerprint density at radius 1 is 1.25 bits per heavy atom. The topological polar surface area (TPSA) is 49.8 Å². The molecule has 3 fully saturated rings. The van der Waals surface area contributed by atoms with Gasteiger partial charge in [-0.15, -0.1) is 0 Å². The van der Waals surface area contributed by atoms with E-state index in [0.717, 1.165) is 44.2 Å². The first-order chi connectivity index (χ1) is 11.5. The molecule has 2 saturated carbocycles.